The lowest BCUT2D eigenvalue weighted by molar-refractivity contribution is -0.123. The Morgan fingerprint density at radius 1 is 1.00 bits per heavy atom. The molecule has 0 saturated heterocycles. The smallest absolute Gasteiger partial charge is 0.251 e. The molecule has 0 aliphatic heterocycles. The fourth-order valence-corrected chi connectivity index (χ4v) is 2.56. The van der Waals surface area contributed by atoms with Crippen molar-refractivity contribution in [2.24, 2.45) is 5.92 Å². The summed E-state index contributed by atoms with van der Waals surface area (Å²) in [5.41, 5.74) is 2.54. The van der Waals surface area contributed by atoms with E-state index in [0.717, 1.165) is 11.1 Å². The zero-order valence-corrected chi connectivity index (χ0v) is 15.4. The summed E-state index contributed by atoms with van der Waals surface area (Å²) in [6.07, 6.45) is 0.600. The molecule has 2 aromatic carbocycles. The summed E-state index contributed by atoms with van der Waals surface area (Å²) in [5.74, 6) is -0.813. The SMILES string of the molecule is Cc1ccc(C(=O)N[C@H](C(=O)NCCc2ccc(F)cc2)C(C)C)cc1. The molecule has 0 bridgehead atoms. The molecule has 5 heteroatoms. The normalized spacial score (nSPS) is 11.9. The molecule has 2 aromatic rings. The molecule has 0 aliphatic carbocycles. The van der Waals surface area contributed by atoms with Gasteiger partial charge in [-0.3, -0.25) is 9.59 Å². The first-order chi connectivity index (χ1) is 12.4. The van der Waals surface area contributed by atoms with Crippen LogP contribution in [0.25, 0.3) is 0 Å². The van der Waals surface area contributed by atoms with Crippen LogP contribution in [0.1, 0.15) is 35.3 Å². The highest BCUT2D eigenvalue weighted by Gasteiger charge is 2.24. The van der Waals surface area contributed by atoms with Crippen LogP contribution in [-0.4, -0.2) is 24.4 Å². The molecule has 1 atom stereocenters. The molecule has 2 rings (SSSR count). The second-order valence-electron chi connectivity index (χ2n) is 6.73. The quantitative estimate of drug-likeness (QED) is 0.800. The maximum atomic E-state index is 12.9. The Kier molecular flexibility index (Phi) is 6.89. The van der Waals surface area contributed by atoms with E-state index in [1.165, 1.54) is 12.1 Å². The van der Waals surface area contributed by atoms with Gasteiger partial charge in [0, 0.05) is 12.1 Å². The maximum Gasteiger partial charge on any atom is 0.251 e. The third-order valence-electron chi connectivity index (χ3n) is 4.18. The number of amides is 2. The Labute approximate surface area is 153 Å². The number of nitrogens with one attached hydrogen (secondary N) is 2. The largest absolute Gasteiger partial charge is 0.354 e. The van der Waals surface area contributed by atoms with Gasteiger partial charge in [0.2, 0.25) is 5.91 Å². The lowest BCUT2D eigenvalue weighted by Gasteiger charge is -2.22. The highest BCUT2D eigenvalue weighted by Crippen LogP contribution is 2.07. The maximum absolute atomic E-state index is 12.9. The number of rotatable bonds is 7. The lowest BCUT2D eigenvalue weighted by Crippen LogP contribution is -2.50. The summed E-state index contributed by atoms with van der Waals surface area (Å²) in [5, 5.41) is 5.65. The van der Waals surface area contributed by atoms with E-state index in [0.29, 0.717) is 18.5 Å². The molecular formula is C21H25FN2O2. The van der Waals surface area contributed by atoms with Crippen LogP contribution in [0.3, 0.4) is 0 Å². The monoisotopic (exact) mass is 356 g/mol. The van der Waals surface area contributed by atoms with Crippen molar-refractivity contribution in [1.29, 1.82) is 0 Å². The molecule has 0 fully saturated rings. The molecule has 0 aliphatic rings. The predicted octanol–water partition coefficient (Wildman–Crippen LogP) is 3.25. The Morgan fingerprint density at radius 2 is 1.62 bits per heavy atom. The zero-order chi connectivity index (χ0) is 19.1. The average Bonchev–Trinajstić information content (AvgIpc) is 2.61. The number of benzene rings is 2. The predicted molar refractivity (Wildman–Crippen MR) is 100 cm³/mol. The molecular weight excluding hydrogens is 331 g/mol. The van der Waals surface area contributed by atoms with Gasteiger partial charge in [0.25, 0.3) is 5.91 Å². The fourth-order valence-electron chi connectivity index (χ4n) is 2.56. The standard InChI is InChI=1S/C21H25FN2O2/c1-14(2)19(24-20(25)17-8-4-15(3)5-9-17)21(26)23-13-12-16-6-10-18(22)11-7-16/h4-11,14,19H,12-13H2,1-3H3,(H,23,26)(H,24,25)/t19-/m0/s1. The molecule has 0 radical (unpaired) electrons. The second kappa shape index (κ2) is 9.13. The highest BCUT2D eigenvalue weighted by atomic mass is 19.1. The van der Waals surface area contributed by atoms with Gasteiger partial charge in [-0.25, -0.2) is 4.39 Å². The summed E-state index contributed by atoms with van der Waals surface area (Å²) in [4.78, 5) is 24.8. The summed E-state index contributed by atoms with van der Waals surface area (Å²) in [7, 11) is 0. The van der Waals surface area contributed by atoms with Gasteiger partial charge in [-0.2, -0.15) is 0 Å². The lowest BCUT2D eigenvalue weighted by atomic mass is 10.0. The molecule has 26 heavy (non-hydrogen) atoms. The van der Waals surface area contributed by atoms with Gasteiger partial charge in [0.1, 0.15) is 11.9 Å². The summed E-state index contributed by atoms with van der Waals surface area (Å²) < 4.78 is 12.9. The molecule has 0 unspecified atom stereocenters. The first-order valence-corrected chi connectivity index (χ1v) is 8.76. The Bertz CT molecular complexity index is 740. The Morgan fingerprint density at radius 3 is 2.19 bits per heavy atom. The number of aryl methyl sites for hydroxylation is 1. The van der Waals surface area contributed by atoms with Crippen molar-refractivity contribution < 1.29 is 14.0 Å². The number of halogens is 1. The van der Waals surface area contributed by atoms with Crippen LogP contribution in [0.5, 0.6) is 0 Å². The molecule has 138 valence electrons. The first-order valence-electron chi connectivity index (χ1n) is 8.76. The van der Waals surface area contributed by atoms with Gasteiger partial charge in [-0.15, -0.1) is 0 Å². The minimum Gasteiger partial charge on any atom is -0.354 e. The molecule has 4 nitrogen and oxygen atoms in total. The summed E-state index contributed by atoms with van der Waals surface area (Å²) in [6, 6.07) is 12.8. The van der Waals surface area contributed by atoms with E-state index >= 15 is 0 Å². The number of hydrogen-bond acceptors (Lipinski definition) is 2. The average molecular weight is 356 g/mol. The Hall–Kier alpha value is -2.69. The Balaban J connectivity index is 1.90. The van der Waals surface area contributed by atoms with E-state index in [1.54, 1.807) is 24.3 Å². The van der Waals surface area contributed by atoms with E-state index in [9.17, 15) is 14.0 Å². The minimum atomic E-state index is -0.614. The van der Waals surface area contributed by atoms with Gasteiger partial charge in [0.05, 0.1) is 0 Å². The van der Waals surface area contributed by atoms with Crippen molar-refractivity contribution in [3.63, 3.8) is 0 Å². The van der Waals surface area contributed by atoms with Crippen LogP contribution in [0.2, 0.25) is 0 Å². The van der Waals surface area contributed by atoms with Crippen molar-refractivity contribution in [3.8, 4) is 0 Å². The molecule has 0 spiro atoms. The van der Waals surface area contributed by atoms with Gasteiger partial charge < -0.3 is 10.6 Å². The van der Waals surface area contributed by atoms with Gasteiger partial charge in [-0.05, 0) is 49.1 Å². The second-order valence-corrected chi connectivity index (χ2v) is 6.73. The van der Waals surface area contributed by atoms with Crippen LogP contribution in [-0.2, 0) is 11.2 Å². The third-order valence-corrected chi connectivity index (χ3v) is 4.18. The van der Waals surface area contributed by atoms with Crippen molar-refractivity contribution in [1.82, 2.24) is 10.6 Å². The van der Waals surface area contributed by atoms with E-state index in [2.05, 4.69) is 10.6 Å². The molecule has 0 saturated carbocycles. The fraction of sp³-hybridized carbons (Fsp3) is 0.333. The van der Waals surface area contributed by atoms with Gasteiger partial charge >= 0.3 is 0 Å². The van der Waals surface area contributed by atoms with Crippen molar-refractivity contribution in [2.45, 2.75) is 33.2 Å². The first kappa shape index (κ1) is 19.6. The zero-order valence-electron chi connectivity index (χ0n) is 15.4. The third kappa shape index (κ3) is 5.69. The minimum absolute atomic E-state index is 0.0461. The molecule has 2 N–H and O–H groups in total. The van der Waals surface area contributed by atoms with Crippen LogP contribution in [0.15, 0.2) is 48.5 Å². The van der Waals surface area contributed by atoms with Crippen molar-refractivity contribution in [3.05, 3.63) is 71.0 Å². The van der Waals surface area contributed by atoms with E-state index in [4.69, 9.17) is 0 Å². The molecule has 0 aromatic heterocycles. The van der Waals surface area contributed by atoms with E-state index < -0.39 is 6.04 Å². The summed E-state index contributed by atoms with van der Waals surface area (Å²) >= 11 is 0. The van der Waals surface area contributed by atoms with Gasteiger partial charge in [0.15, 0.2) is 0 Å². The van der Waals surface area contributed by atoms with E-state index in [-0.39, 0.29) is 23.5 Å². The number of carbonyl (C=O) groups is 2. The van der Waals surface area contributed by atoms with Crippen LogP contribution >= 0.6 is 0 Å². The summed E-state index contributed by atoms with van der Waals surface area (Å²) in [6.45, 7) is 6.15. The number of carbonyl (C=O) groups excluding carboxylic acids is 2. The van der Waals surface area contributed by atoms with Gasteiger partial charge in [-0.1, -0.05) is 43.7 Å². The van der Waals surface area contributed by atoms with Crippen LogP contribution < -0.4 is 10.6 Å². The molecule has 0 heterocycles. The van der Waals surface area contributed by atoms with Crippen LogP contribution in [0, 0.1) is 18.7 Å². The van der Waals surface area contributed by atoms with E-state index in [1.807, 2.05) is 32.9 Å². The highest BCUT2D eigenvalue weighted by molar-refractivity contribution is 5.97. The van der Waals surface area contributed by atoms with Crippen molar-refractivity contribution >= 4 is 11.8 Å². The topological polar surface area (TPSA) is 58.2 Å². The van der Waals surface area contributed by atoms with Crippen LogP contribution in [0.4, 0.5) is 4.39 Å². The van der Waals surface area contributed by atoms with Crippen molar-refractivity contribution in [2.75, 3.05) is 6.54 Å². The number of hydrogen-bond donors (Lipinski definition) is 2. The molecule has 2 amide bonds.